The number of halogens is 1. The van der Waals surface area contributed by atoms with Crippen molar-refractivity contribution in [3.8, 4) is 0 Å². The summed E-state index contributed by atoms with van der Waals surface area (Å²) >= 11 is 1.72. The molecule has 3 N–H and O–H groups in total. The van der Waals surface area contributed by atoms with Gasteiger partial charge in [-0.1, -0.05) is 0 Å². The van der Waals surface area contributed by atoms with E-state index in [9.17, 15) is 8.42 Å². The first-order chi connectivity index (χ1) is 11.0. The predicted octanol–water partition coefficient (Wildman–Crippen LogP) is 1.80. The number of aliphatic imine (C=N–C) groups is 1. The van der Waals surface area contributed by atoms with Crippen LogP contribution in [-0.2, 0) is 16.4 Å². The lowest BCUT2D eigenvalue weighted by Crippen LogP contribution is -2.47. The molecule has 0 atom stereocenters. The van der Waals surface area contributed by atoms with E-state index in [-0.39, 0.29) is 24.0 Å². The van der Waals surface area contributed by atoms with Crippen molar-refractivity contribution < 1.29 is 8.42 Å². The zero-order valence-electron chi connectivity index (χ0n) is 15.8. The van der Waals surface area contributed by atoms with Crippen LogP contribution in [0.1, 0.15) is 36.3 Å². The molecule has 1 aromatic heterocycles. The molecule has 0 aromatic carbocycles. The number of rotatable bonds is 8. The smallest absolute Gasteiger partial charge is 0.209 e. The maximum Gasteiger partial charge on any atom is 0.209 e. The molecule has 0 amide bonds. The van der Waals surface area contributed by atoms with E-state index >= 15 is 0 Å². The average molecular weight is 503 g/mol. The van der Waals surface area contributed by atoms with E-state index < -0.39 is 15.6 Å². The Morgan fingerprint density at radius 2 is 1.92 bits per heavy atom. The highest BCUT2D eigenvalue weighted by Crippen LogP contribution is 2.16. The number of nitrogens with zero attached hydrogens (tertiary/aromatic N) is 2. The van der Waals surface area contributed by atoms with Crippen LogP contribution in [0.3, 0.4) is 0 Å². The molecule has 0 aliphatic carbocycles. The molecule has 1 rings (SSSR count). The van der Waals surface area contributed by atoms with E-state index in [2.05, 4.69) is 32.3 Å². The molecule has 0 spiro atoms. The van der Waals surface area contributed by atoms with Gasteiger partial charge in [-0.05, 0) is 34.6 Å². The van der Waals surface area contributed by atoms with E-state index in [4.69, 9.17) is 0 Å². The van der Waals surface area contributed by atoms with E-state index in [1.54, 1.807) is 11.3 Å². The number of hydrogen-bond donors (Lipinski definition) is 3. The van der Waals surface area contributed by atoms with Crippen LogP contribution in [0.4, 0.5) is 0 Å². The topological polar surface area (TPSA) is 95.5 Å². The van der Waals surface area contributed by atoms with E-state index in [1.807, 2.05) is 27.7 Å². The molecule has 0 unspecified atom stereocenters. The number of thiazole rings is 1. The zero-order valence-corrected chi connectivity index (χ0v) is 19.7. The molecule has 1 aromatic rings. The van der Waals surface area contributed by atoms with Gasteiger partial charge in [-0.15, -0.1) is 35.3 Å². The van der Waals surface area contributed by atoms with Gasteiger partial charge in [0.05, 0.1) is 23.5 Å². The Kier molecular flexibility index (Phi) is 10.4. The van der Waals surface area contributed by atoms with Crippen LogP contribution in [0.5, 0.6) is 0 Å². The second-order valence-electron chi connectivity index (χ2n) is 6.38. The quantitative estimate of drug-likeness (QED) is 0.286. The summed E-state index contributed by atoms with van der Waals surface area (Å²) < 4.78 is 25.3. The molecular formula is C15H30IN5O2S2. The van der Waals surface area contributed by atoms with Crippen molar-refractivity contribution in [1.29, 1.82) is 0 Å². The van der Waals surface area contributed by atoms with Crippen molar-refractivity contribution in [3.05, 3.63) is 15.6 Å². The lowest BCUT2D eigenvalue weighted by atomic mass is 10.1. The number of guanidine groups is 1. The number of nitrogens with one attached hydrogen (secondary N) is 3. The van der Waals surface area contributed by atoms with Crippen molar-refractivity contribution in [2.24, 2.45) is 4.99 Å². The first-order valence-electron chi connectivity index (χ1n) is 7.96. The third kappa shape index (κ3) is 10.3. The van der Waals surface area contributed by atoms with Gasteiger partial charge in [0.15, 0.2) is 5.96 Å². The maximum atomic E-state index is 11.4. The van der Waals surface area contributed by atoms with Crippen LogP contribution in [0, 0.1) is 13.8 Å². The van der Waals surface area contributed by atoms with E-state index in [0.717, 1.165) is 36.5 Å². The summed E-state index contributed by atoms with van der Waals surface area (Å²) in [6, 6.07) is 0. The Morgan fingerprint density at radius 1 is 1.28 bits per heavy atom. The van der Waals surface area contributed by atoms with Gasteiger partial charge < -0.3 is 10.6 Å². The summed E-state index contributed by atoms with van der Waals surface area (Å²) in [6.07, 6.45) is 1.98. The molecule has 146 valence electrons. The minimum atomic E-state index is -3.26. The van der Waals surface area contributed by atoms with Crippen LogP contribution >= 0.6 is 35.3 Å². The second-order valence-corrected chi connectivity index (χ2v) is 9.42. The molecule has 0 radical (unpaired) electrons. The number of aromatic nitrogens is 1. The largest absolute Gasteiger partial charge is 0.357 e. The summed E-state index contributed by atoms with van der Waals surface area (Å²) in [5, 5.41) is 7.53. The summed E-state index contributed by atoms with van der Waals surface area (Å²) in [5.41, 5.74) is 0.448. The summed E-state index contributed by atoms with van der Waals surface area (Å²) in [5.74, 6) is 0.672. The normalized spacial score (nSPS) is 12.6. The molecule has 0 aliphatic rings. The average Bonchev–Trinajstić information content (AvgIpc) is 2.72. The summed E-state index contributed by atoms with van der Waals surface area (Å²) in [6.45, 7) is 11.5. The van der Waals surface area contributed by atoms with Crippen molar-refractivity contribution >= 4 is 51.3 Å². The molecule has 7 nitrogen and oxygen atoms in total. The molecular weight excluding hydrogens is 473 g/mol. The summed E-state index contributed by atoms with van der Waals surface area (Å²) in [7, 11) is -3.26. The lowest BCUT2D eigenvalue weighted by molar-refractivity contribution is 0.464. The molecule has 0 bridgehead atoms. The Bertz CT molecular complexity index is 652. The third-order valence-electron chi connectivity index (χ3n) is 3.14. The van der Waals surface area contributed by atoms with Gasteiger partial charge in [0.2, 0.25) is 10.0 Å². The fourth-order valence-electron chi connectivity index (χ4n) is 2.09. The first-order valence-corrected chi connectivity index (χ1v) is 10.7. The van der Waals surface area contributed by atoms with Crippen molar-refractivity contribution in [2.45, 2.75) is 46.6 Å². The van der Waals surface area contributed by atoms with Gasteiger partial charge in [0.25, 0.3) is 0 Å². The highest BCUT2D eigenvalue weighted by atomic mass is 127. The van der Waals surface area contributed by atoms with Crippen LogP contribution in [0.2, 0.25) is 0 Å². The maximum absolute atomic E-state index is 11.4. The Morgan fingerprint density at radius 3 is 2.40 bits per heavy atom. The van der Waals surface area contributed by atoms with Crippen molar-refractivity contribution in [3.63, 3.8) is 0 Å². The zero-order chi connectivity index (χ0) is 18.4. The van der Waals surface area contributed by atoms with Crippen molar-refractivity contribution in [2.75, 3.05) is 25.9 Å². The van der Waals surface area contributed by atoms with Crippen LogP contribution in [0.15, 0.2) is 4.99 Å². The summed E-state index contributed by atoms with van der Waals surface area (Å²) in [4.78, 5) is 10.2. The molecule has 0 saturated heterocycles. The second kappa shape index (κ2) is 10.6. The predicted molar refractivity (Wildman–Crippen MR) is 117 cm³/mol. The minimum absolute atomic E-state index is 0. The molecule has 0 fully saturated rings. The molecule has 25 heavy (non-hydrogen) atoms. The van der Waals surface area contributed by atoms with Crippen LogP contribution in [-0.4, -0.2) is 50.8 Å². The fraction of sp³-hybridized carbons (Fsp3) is 0.733. The number of sulfonamides is 1. The molecule has 0 saturated carbocycles. The first kappa shape index (κ1) is 24.5. The molecule has 10 heteroatoms. The highest BCUT2D eigenvalue weighted by molar-refractivity contribution is 14.0. The Hall–Kier alpha value is -0.460. The SMILES string of the molecule is CCNC(=NCC(C)(C)NS(C)(=O)=O)NCCc1nc(C)c(C)s1.I. The number of aryl methyl sites for hydroxylation is 2. The van der Waals surface area contributed by atoms with Crippen LogP contribution < -0.4 is 15.4 Å². The van der Waals surface area contributed by atoms with Gasteiger partial charge in [0, 0.05) is 29.9 Å². The van der Waals surface area contributed by atoms with Gasteiger partial charge in [-0.25, -0.2) is 18.1 Å². The fourth-order valence-corrected chi connectivity index (χ4v) is 4.09. The third-order valence-corrected chi connectivity index (χ3v) is 5.20. The van der Waals surface area contributed by atoms with Gasteiger partial charge in [-0.2, -0.15) is 0 Å². The highest BCUT2D eigenvalue weighted by Gasteiger charge is 2.21. The van der Waals surface area contributed by atoms with Crippen LogP contribution in [0.25, 0.3) is 0 Å². The van der Waals surface area contributed by atoms with Gasteiger partial charge in [-0.3, -0.25) is 4.99 Å². The van der Waals surface area contributed by atoms with Gasteiger partial charge >= 0.3 is 0 Å². The molecule has 0 aliphatic heterocycles. The minimum Gasteiger partial charge on any atom is -0.357 e. The van der Waals surface area contributed by atoms with E-state index in [1.165, 1.54) is 4.88 Å². The Balaban J connectivity index is 0.00000576. The van der Waals surface area contributed by atoms with Crippen molar-refractivity contribution in [1.82, 2.24) is 20.3 Å². The molecule has 1 heterocycles. The number of hydrogen-bond acceptors (Lipinski definition) is 5. The van der Waals surface area contributed by atoms with E-state index in [0.29, 0.717) is 12.5 Å². The Labute approximate surface area is 172 Å². The standard InChI is InChI=1S/C15H29N5O2S2.HI/c1-7-16-14(18-10-15(4,5)20-24(6,21)22)17-9-8-13-19-11(2)12(3)23-13;/h20H,7-10H2,1-6H3,(H2,16,17,18);1H. The monoisotopic (exact) mass is 503 g/mol. The van der Waals surface area contributed by atoms with Gasteiger partial charge in [0.1, 0.15) is 0 Å². The lowest BCUT2D eigenvalue weighted by Gasteiger charge is -2.23.